The highest BCUT2D eigenvalue weighted by atomic mass is 28.4. The third-order valence-corrected chi connectivity index (χ3v) is 8.97. The summed E-state index contributed by atoms with van der Waals surface area (Å²) in [6, 6.07) is 4.66. The number of amides is 1. The smallest absolute Gasteiger partial charge is 0.287 e. The van der Waals surface area contributed by atoms with Gasteiger partial charge in [-0.2, -0.15) is 0 Å². The van der Waals surface area contributed by atoms with E-state index in [2.05, 4.69) is 33.9 Å². The second-order valence-electron chi connectivity index (χ2n) is 7.10. The Balaban J connectivity index is 3.22. The van der Waals surface area contributed by atoms with Crippen molar-refractivity contribution in [2.24, 2.45) is 0 Å². The molecule has 0 atom stereocenters. The number of nitrogens with zero attached hydrogens (tertiary/aromatic N) is 2. The average molecular weight is 354 g/mol. The highest BCUT2D eigenvalue weighted by molar-refractivity contribution is 6.74. The van der Waals surface area contributed by atoms with Gasteiger partial charge in [0.25, 0.3) is 11.6 Å². The molecule has 0 saturated carbocycles. The van der Waals surface area contributed by atoms with Crippen LogP contribution in [0.3, 0.4) is 0 Å². The van der Waals surface area contributed by atoms with Gasteiger partial charge >= 0.3 is 0 Å². The number of rotatable bonds is 6. The number of benzene rings is 1. The number of nitro groups is 1. The zero-order chi connectivity index (χ0) is 18.7. The van der Waals surface area contributed by atoms with Crippen molar-refractivity contribution in [3.63, 3.8) is 0 Å². The molecule has 7 nitrogen and oxygen atoms in total. The molecule has 24 heavy (non-hydrogen) atoms. The van der Waals surface area contributed by atoms with Gasteiger partial charge in [-0.3, -0.25) is 19.7 Å². The topological polar surface area (TPSA) is 81.9 Å². The number of nitro benzene ring substituents is 1. The van der Waals surface area contributed by atoms with Crippen LogP contribution in [0.15, 0.2) is 18.2 Å². The fourth-order valence-electron chi connectivity index (χ4n) is 1.82. The SMILES string of the molecule is CON(C)C(=O)c1cccc(CO[Si](C)(C)C(C)(C)C)c1[N+](=O)[O-]. The van der Waals surface area contributed by atoms with Crippen LogP contribution in [-0.2, 0) is 15.9 Å². The van der Waals surface area contributed by atoms with Gasteiger partial charge in [-0.15, -0.1) is 0 Å². The maximum absolute atomic E-state index is 12.3. The van der Waals surface area contributed by atoms with Gasteiger partial charge in [0.15, 0.2) is 8.32 Å². The molecule has 0 saturated heterocycles. The van der Waals surface area contributed by atoms with Crippen molar-refractivity contribution in [2.45, 2.75) is 45.5 Å². The van der Waals surface area contributed by atoms with Crippen LogP contribution < -0.4 is 0 Å². The number of carbonyl (C=O) groups is 1. The van der Waals surface area contributed by atoms with Gasteiger partial charge in [-0.05, 0) is 30.3 Å². The molecule has 0 spiro atoms. The maximum atomic E-state index is 12.3. The Hall–Kier alpha value is -1.77. The van der Waals surface area contributed by atoms with Crippen LogP contribution in [0.25, 0.3) is 0 Å². The first kappa shape index (κ1) is 20.3. The molecule has 1 aromatic carbocycles. The highest BCUT2D eigenvalue weighted by Gasteiger charge is 2.38. The second-order valence-corrected chi connectivity index (χ2v) is 11.9. The lowest BCUT2D eigenvalue weighted by Crippen LogP contribution is -2.40. The zero-order valence-electron chi connectivity index (χ0n) is 15.4. The van der Waals surface area contributed by atoms with Crippen molar-refractivity contribution in [3.05, 3.63) is 39.4 Å². The van der Waals surface area contributed by atoms with Gasteiger partial charge in [-0.25, -0.2) is 5.06 Å². The number of para-hydroxylation sites is 1. The van der Waals surface area contributed by atoms with Crippen LogP contribution in [0.5, 0.6) is 0 Å². The Labute approximate surface area is 143 Å². The summed E-state index contributed by atoms with van der Waals surface area (Å²) in [6.45, 7) is 10.5. The molecule has 0 radical (unpaired) electrons. The fourth-order valence-corrected chi connectivity index (χ4v) is 2.77. The zero-order valence-corrected chi connectivity index (χ0v) is 16.4. The van der Waals surface area contributed by atoms with E-state index in [1.165, 1.54) is 20.2 Å². The molecule has 0 aromatic heterocycles. The van der Waals surface area contributed by atoms with Crippen LogP contribution in [-0.4, -0.2) is 38.4 Å². The summed E-state index contributed by atoms with van der Waals surface area (Å²) in [7, 11) is 0.674. The first-order valence-corrected chi connectivity index (χ1v) is 10.6. The summed E-state index contributed by atoms with van der Waals surface area (Å²) >= 11 is 0. The first-order valence-electron chi connectivity index (χ1n) is 7.64. The molecule has 0 heterocycles. The molecule has 0 unspecified atom stereocenters. The average Bonchev–Trinajstić information content (AvgIpc) is 2.49. The molecule has 0 aliphatic rings. The van der Waals surface area contributed by atoms with Crippen molar-refractivity contribution in [3.8, 4) is 0 Å². The van der Waals surface area contributed by atoms with Crippen molar-refractivity contribution >= 4 is 19.9 Å². The van der Waals surface area contributed by atoms with E-state index >= 15 is 0 Å². The minimum atomic E-state index is -2.06. The minimum Gasteiger partial charge on any atom is -0.412 e. The van der Waals surface area contributed by atoms with Crippen LogP contribution in [0.2, 0.25) is 18.1 Å². The molecule has 0 aliphatic heterocycles. The summed E-state index contributed by atoms with van der Waals surface area (Å²) in [5.41, 5.74) is 0.144. The van der Waals surface area contributed by atoms with E-state index in [1.54, 1.807) is 12.1 Å². The van der Waals surface area contributed by atoms with E-state index < -0.39 is 19.1 Å². The van der Waals surface area contributed by atoms with Crippen LogP contribution in [0.1, 0.15) is 36.7 Å². The molecular weight excluding hydrogens is 328 g/mol. The van der Waals surface area contributed by atoms with Crippen LogP contribution in [0.4, 0.5) is 5.69 Å². The fraction of sp³-hybridized carbons (Fsp3) is 0.562. The van der Waals surface area contributed by atoms with Crippen LogP contribution >= 0.6 is 0 Å². The van der Waals surface area contributed by atoms with E-state index in [0.29, 0.717) is 5.56 Å². The number of hydrogen-bond donors (Lipinski definition) is 0. The van der Waals surface area contributed by atoms with Crippen molar-refractivity contribution < 1.29 is 19.0 Å². The molecule has 0 fully saturated rings. The summed E-state index contributed by atoms with van der Waals surface area (Å²) in [5.74, 6) is -0.571. The normalized spacial score (nSPS) is 12.1. The summed E-state index contributed by atoms with van der Waals surface area (Å²) in [6.07, 6.45) is 0. The van der Waals surface area contributed by atoms with Gasteiger partial charge in [0.1, 0.15) is 5.56 Å². The Bertz CT molecular complexity index is 625. The molecule has 1 rings (SSSR count). The predicted octanol–water partition coefficient (Wildman–Crippen LogP) is 3.75. The van der Waals surface area contributed by atoms with E-state index in [9.17, 15) is 14.9 Å². The van der Waals surface area contributed by atoms with Crippen molar-refractivity contribution in [1.82, 2.24) is 5.06 Å². The molecule has 0 aliphatic carbocycles. The molecule has 0 bridgehead atoms. The predicted molar refractivity (Wildman–Crippen MR) is 94.2 cm³/mol. The summed E-state index contributed by atoms with van der Waals surface area (Å²) in [4.78, 5) is 28.1. The van der Waals surface area contributed by atoms with Crippen molar-refractivity contribution in [1.29, 1.82) is 0 Å². The second kappa shape index (κ2) is 7.41. The van der Waals surface area contributed by atoms with Gasteiger partial charge in [0, 0.05) is 7.05 Å². The van der Waals surface area contributed by atoms with Crippen LogP contribution in [0, 0.1) is 10.1 Å². The van der Waals surface area contributed by atoms with E-state index in [4.69, 9.17) is 9.26 Å². The quantitative estimate of drug-likeness (QED) is 0.441. The third kappa shape index (κ3) is 4.40. The minimum absolute atomic E-state index is 0.00845. The Morgan fingerprint density at radius 3 is 2.38 bits per heavy atom. The van der Waals surface area contributed by atoms with Gasteiger partial charge in [0.05, 0.1) is 24.2 Å². The maximum Gasteiger partial charge on any atom is 0.287 e. The molecule has 1 aromatic rings. The van der Waals surface area contributed by atoms with Gasteiger partial charge in [0.2, 0.25) is 0 Å². The van der Waals surface area contributed by atoms with E-state index in [1.807, 2.05) is 0 Å². The van der Waals surface area contributed by atoms with E-state index in [-0.39, 0.29) is 22.9 Å². The largest absolute Gasteiger partial charge is 0.412 e. The molecule has 8 heteroatoms. The number of carbonyl (C=O) groups excluding carboxylic acids is 1. The third-order valence-electron chi connectivity index (χ3n) is 4.49. The Kier molecular flexibility index (Phi) is 6.26. The van der Waals surface area contributed by atoms with Gasteiger partial charge < -0.3 is 4.43 Å². The highest BCUT2D eigenvalue weighted by Crippen LogP contribution is 2.38. The number of hydrogen-bond acceptors (Lipinski definition) is 5. The molecule has 1 amide bonds. The lowest BCUT2D eigenvalue weighted by Gasteiger charge is -2.36. The molecule has 0 N–H and O–H groups in total. The lowest BCUT2D eigenvalue weighted by atomic mass is 10.1. The van der Waals surface area contributed by atoms with Gasteiger partial charge in [-0.1, -0.05) is 26.8 Å². The molecular formula is C16H26N2O5Si. The van der Waals surface area contributed by atoms with E-state index in [0.717, 1.165) is 5.06 Å². The Morgan fingerprint density at radius 1 is 1.33 bits per heavy atom. The Morgan fingerprint density at radius 2 is 1.92 bits per heavy atom. The number of hydroxylamine groups is 2. The van der Waals surface area contributed by atoms with Crippen molar-refractivity contribution in [2.75, 3.05) is 14.2 Å². The summed E-state index contributed by atoms with van der Waals surface area (Å²) < 4.78 is 6.07. The summed E-state index contributed by atoms with van der Waals surface area (Å²) in [5, 5.41) is 12.5. The lowest BCUT2D eigenvalue weighted by molar-refractivity contribution is -0.386. The standard InChI is InChI=1S/C16H26N2O5Si/c1-16(2,3)24(6,7)23-11-12-9-8-10-13(14(12)18(20)21)15(19)17(4)22-5/h8-10H,11H2,1-7H3. The molecule has 134 valence electrons. The monoisotopic (exact) mass is 354 g/mol. The first-order chi connectivity index (χ1) is 10.9.